The van der Waals surface area contributed by atoms with Crippen LogP contribution in [0.5, 0.6) is 0 Å². The Labute approximate surface area is 365 Å². The van der Waals surface area contributed by atoms with Crippen molar-refractivity contribution in [1.82, 2.24) is 12.9 Å². The Morgan fingerprint density at radius 3 is 0.583 bits per heavy atom. The van der Waals surface area contributed by atoms with Crippen LogP contribution in [0.3, 0.4) is 0 Å². The Morgan fingerprint density at radius 2 is 0.417 bits per heavy atom. The molecule has 0 unspecified atom stereocenters. The number of aryl methyl sites for hydroxylation is 3. The zero-order chi connectivity index (χ0) is 43.3. The van der Waals surface area contributed by atoms with Gasteiger partial charge in [-0.3, -0.25) is 0 Å². The highest BCUT2D eigenvalue weighted by molar-refractivity contribution is 7.89. The molecule has 60 heavy (non-hydrogen) atoms. The molecule has 0 amide bonds. The molecule has 0 spiro atoms. The molecule has 0 saturated carbocycles. The summed E-state index contributed by atoms with van der Waals surface area (Å²) >= 11 is 0. The molecule has 1 aliphatic rings. The second kappa shape index (κ2) is 26.1. The molecule has 0 N–H and O–H groups in total. The molecule has 0 bridgehead atoms. The standard InChI is InChI=1S/C48H75N3O6S3/c1-43-25-31-46(32-26-43)58(52,53)49-37-19-13-7-4-9-15-21-39-50(59(54,55)47-33-27-44(2)28-34-47)41-23-17-11-6-12-18-24-42-51(40-22-16-10-5-8-14-20-38-49)60(56,57)48-35-29-45(3)30-36-48/h25-36H,4-24,37-42H2,1-3H3. The third-order valence-corrected chi connectivity index (χ3v) is 17.7. The lowest BCUT2D eigenvalue weighted by Gasteiger charge is -2.23. The third-order valence-electron chi connectivity index (χ3n) is 11.9. The molecule has 9 nitrogen and oxygen atoms in total. The molecule has 1 saturated heterocycles. The van der Waals surface area contributed by atoms with Crippen molar-refractivity contribution in [3.8, 4) is 0 Å². The monoisotopic (exact) mass is 885 g/mol. The zero-order valence-corrected chi connectivity index (χ0v) is 39.5. The van der Waals surface area contributed by atoms with Crippen molar-refractivity contribution < 1.29 is 25.3 Å². The molecular formula is C48H75N3O6S3. The van der Waals surface area contributed by atoms with Crippen LogP contribution in [0.15, 0.2) is 87.5 Å². The quantitative estimate of drug-likeness (QED) is 0.244. The van der Waals surface area contributed by atoms with Crippen molar-refractivity contribution in [3.63, 3.8) is 0 Å². The number of rotatable bonds is 6. The summed E-state index contributed by atoms with van der Waals surface area (Å²) in [5, 5.41) is 0. The first-order valence-corrected chi connectivity index (χ1v) is 27.3. The van der Waals surface area contributed by atoms with Gasteiger partial charge in [-0.25, -0.2) is 25.3 Å². The molecule has 3 aromatic carbocycles. The van der Waals surface area contributed by atoms with Crippen LogP contribution in [-0.4, -0.2) is 77.4 Å². The van der Waals surface area contributed by atoms with Gasteiger partial charge in [0.1, 0.15) is 0 Å². The van der Waals surface area contributed by atoms with Gasteiger partial charge in [0.05, 0.1) is 14.7 Å². The van der Waals surface area contributed by atoms with Gasteiger partial charge in [0.15, 0.2) is 0 Å². The second-order valence-corrected chi connectivity index (χ2v) is 22.9. The molecule has 0 aromatic heterocycles. The maximum absolute atomic E-state index is 13.8. The molecule has 4 rings (SSSR count). The van der Waals surface area contributed by atoms with Gasteiger partial charge >= 0.3 is 0 Å². The van der Waals surface area contributed by atoms with Crippen molar-refractivity contribution in [2.45, 2.75) is 170 Å². The van der Waals surface area contributed by atoms with Crippen molar-refractivity contribution >= 4 is 30.1 Å². The first-order chi connectivity index (χ1) is 28.8. The fourth-order valence-electron chi connectivity index (χ4n) is 8.02. The fourth-order valence-corrected chi connectivity index (χ4v) is 12.6. The van der Waals surface area contributed by atoms with Gasteiger partial charge in [0, 0.05) is 39.3 Å². The molecule has 0 atom stereocenters. The number of nitrogens with zero attached hydrogens (tertiary/aromatic N) is 3. The van der Waals surface area contributed by atoms with E-state index in [2.05, 4.69) is 0 Å². The SMILES string of the molecule is Cc1ccc(S(=O)(=O)N2CCCCCCCCCN(S(=O)(=O)c3ccc(C)cc3)CCCCCCCCCN(S(=O)(=O)c3ccc(C)cc3)CCCCCCCCC2)cc1. The van der Waals surface area contributed by atoms with Gasteiger partial charge in [0.25, 0.3) is 0 Å². The summed E-state index contributed by atoms with van der Waals surface area (Å²) in [7, 11) is -10.8. The summed E-state index contributed by atoms with van der Waals surface area (Å²) < 4.78 is 87.6. The van der Waals surface area contributed by atoms with Crippen molar-refractivity contribution in [2.75, 3.05) is 39.3 Å². The first kappa shape index (κ1) is 50.0. The maximum Gasteiger partial charge on any atom is 0.243 e. The van der Waals surface area contributed by atoms with Gasteiger partial charge in [0.2, 0.25) is 30.1 Å². The van der Waals surface area contributed by atoms with E-state index in [1.807, 2.05) is 57.2 Å². The summed E-state index contributed by atoms with van der Waals surface area (Å²) in [5.41, 5.74) is 3.09. The summed E-state index contributed by atoms with van der Waals surface area (Å²) in [6, 6.07) is 21.4. The number of benzene rings is 3. The summed E-state index contributed by atoms with van der Waals surface area (Å²) in [6.45, 7) is 8.91. The van der Waals surface area contributed by atoms with E-state index in [1.165, 1.54) is 0 Å². The maximum atomic E-state index is 13.8. The zero-order valence-electron chi connectivity index (χ0n) is 37.0. The van der Waals surface area contributed by atoms with Gasteiger partial charge in [-0.05, 0) is 95.7 Å². The van der Waals surface area contributed by atoms with E-state index in [1.54, 1.807) is 49.3 Å². The Bertz CT molecular complexity index is 1730. The van der Waals surface area contributed by atoms with E-state index in [4.69, 9.17) is 0 Å². The highest BCUT2D eigenvalue weighted by Gasteiger charge is 2.26. The fraction of sp³-hybridized carbons (Fsp3) is 0.625. The molecule has 12 heteroatoms. The van der Waals surface area contributed by atoms with Crippen LogP contribution in [0.25, 0.3) is 0 Å². The molecule has 1 heterocycles. The van der Waals surface area contributed by atoms with E-state index >= 15 is 0 Å². The second-order valence-electron chi connectivity index (χ2n) is 17.1. The van der Waals surface area contributed by atoms with Crippen LogP contribution in [0.2, 0.25) is 0 Å². The van der Waals surface area contributed by atoms with Crippen LogP contribution in [0, 0.1) is 20.8 Å². The number of sulfonamides is 3. The smallest absolute Gasteiger partial charge is 0.207 e. The molecule has 1 fully saturated rings. The summed E-state index contributed by atoms with van der Waals surface area (Å²) in [6.07, 6.45) is 19.9. The van der Waals surface area contributed by atoms with Crippen LogP contribution >= 0.6 is 0 Å². The highest BCUT2D eigenvalue weighted by atomic mass is 32.2. The van der Waals surface area contributed by atoms with Crippen molar-refractivity contribution in [1.29, 1.82) is 0 Å². The largest absolute Gasteiger partial charge is 0.243 e. The minimum absolute atomic E-state index is 0.349. The topological polar surface area (TPSA) is 112 Å². The Morgan fingerprint density at radius 1 is 0.267 bits per heavy atom. The lowest BCUT2D eigenvalue weighted by Crippen LogP contribution is -2.33. The van der Waals surface area contributed by atoms with Crippen LogP contribution in [0.1, 0.15) is 152 Å². The summed E-state index contributed by atoms with van der Waals surface area (Å²) in [4.78, 5) is 1.05. The Balaban J connectivity index is 1.39. The van der Waals surface area contributed by atoms with Crippen LogP contribution in [0.4, 0.5) is 0 Å². The van der Waals surface area contributed by atoms with Gasteiger partial charge < -0.3 is 0 Å². The van der Waals surface area contributed by atoms with E-state index < -0.39 is 30.1 Å². The molecule has 3 aromatic rings. The van der Waals surface area contributed by atoms with Gasteiger partial charge in [-0.1, -0.05) is 149 Å². The van der Waals surface area contributed by atoms with Crippen molar-refractivity contribution in [2.24, 2.45) is 0 Å². The van der Waals surface area contributed by atoms with E-state index in [9.17, 15) is 25.3 Å². The summed E-state index contributed by atoms with van der Waals surface area (Å²) in [5.74, 6) is 0. The average molecular weight is 886 g/mol. The lowest BCUT2D eigenvalue weighted by atomic mass is 10.1. The number of hydrogen-bond donors (Lipinski definition) is 0. The minimum Gasteiger partial charge on any atom is -0.207 e. The first-order valence-electron chi connectivity index (χ1n) is 23.0. The lowest BCUT2D eigenvalue weighted by molar-refractivity contribution is 0.374. The van der Waals surface area contributed by atoms with E-state index in [0.717, 1.165) is 152 Å². The molecule has 336 valence electrons. The highest BCUT2D eigenvalue weighted by Crippen LogP contribution is 2.23. The third kappa shape index (κ3) is 16.6. The predicted molar refractivity (Wildman–Crippen MR) is 247 cm³/mol. The van der Waals surface area contributed by atoms with Crippen LogP contribution < -0.4 is 0 Å². The van der Waals surface area contributed by atoms with Crippen molar-refractivity contribution in [3.05, 3.63) is 89.5 Å². The van der Waals surface area contributed by atoms with E-state index in [-0.39, 0.29) is 0 Å². The Kier molecular flexibility index (Phi) is 21.8. The molecule has 0 radical (unpaired) electrons. The molecular weight excluding hydrogens is 811 g/mol. The normalized spacial score (nSPS) is 19.6. The van der Waals surface area contributed by atoms with Gasteiger partial charge in [-0.15, -0.1) is 0 Å². The number of hydrogen-bond acceptors (Lipinski definition) is 6. The van der Waals surface area contributed by atoms with Gasteiger partial charge in [-0.2, -0.15) is 12.9 Å². The Hall–Kier alpha value is -2.61. The predicted octanol–water partition coefficient (Wildman–Crippen LogP) is 11.2. The molecule has 1 aliphatic heterocycles. The van der Waals surface area contributed by atoms with Crippen LogP contribution in [-0.2, 0) is 30.1 Å². The minimum atomic E-state index is -3.60. The van der Waals surface area contributed by atoms with E-state index in [0.29, 0.717) is 54.0 Å². The molecule has 0 aliphatic carbocycles. The average Bonchev–Trinajstić information content (AvgIpc) is 3.22.